The van der Waals surface area contributed by atoms with Crippen molar-refractivity contribution >= 4 is 17.2 Å². The summed E-state index contributed by atoms with van der Waals surface area (Å²) in [5.41, 5.74) is 5.51. The van der Waals surface area contributed by atoms with E-state index in [9.17, 15) is 0 Å². The zero-order valence-corrected chi connectivity index (χ0v) is 12.8. The summed E-state index contributed by atoms with van der Waals surface area (Å²) >= 11 is 5.02. The molecule has 0 saturated carbocycles. The summed E-state index contributed by atoms with van der Waals surface area (Å²) in [5, 5.41) is 0. The highest BCUT2D eigenvalue weighted by Crippen LogP contribution is 2.22. The van der Waals surface area contributed by atoms with Gasteiger partial charge in [0.05, 0.1) is 18.2 Å². The van der Waals surface area contributed by atoms with Crippen LogP contribution in [0.1, 0.15) is 33.6 Å². The van der Waals surface area contributed by atoms with Crippen LogP contribution < -0.4 is 15.2 Å². The second-order valence-corrected chi connectivity index (χ2v) is 5.61. The molecule has 0 heterocycles. The van der Waals surface area contributed by atoms with Gasteiger partial charge < -0.3 is 15.2 Å². The molecule has 106 valence electrons. The molecule has 0 radical (unpaired) electrons. The lowest BCUT2D eigenvalue weighted by Crippen LogP contribution is -2.31. The maximum Gasteiger partial charge on any atom is 0.119 e. The maximum absolute atomic E-state index is 5.68. The molecule has 0 unspecified atom stereocenters. The zero-order valence-electron chi connectivity index (χ0n) is 11.9. The van der Waals surface area contributed by atoms with Crippen LogP contribution >= 0.6 is 12.2 Å². The average Bonchev–Trinajstić information content (AvgIpc) is 2.37. The van der Waals surface area contributed by atoms with Crippen molar-refractivity contribution in [2.45, 2.75) is 33.6 Å². The van der Waals surface area contributed by atoms with Gasteiger partial charge in [0, 0.05) is 5.41 Å². The molecule has 0 amide bonds. The number of hydrogen-bond donors (Lipinski definition) is 1. The first-order chi connectivity index (χ1) is 8.95. The van der Waals surface area contributed by atoms with Crippen LogP contribution in [0, 0.1) is 5.41 Å². The Balaban J connectivity index is 2.40. The molecule has 0 spiro atoms. The summed E-state index contributed by atoms with van der Waals surface area (Å²) in [6, 6.07) is 7.67. The van der Waals surface area contributed by atoms with Crippen molar-refractivity contribution in [1.82, 2.24) is 0 Å². The third-order valence-electron chi connectivity index (χ3n) is 2.96. The maximum atomic E-state index is 5.68. The number of benzene rings is 1. The van der Waals surface area contributed by atoms with Crippen molar-refractivity contribution in [3.8, 4) is 11.5 Å². The third-order valence-corrected chi connectivity index (χ3v) is 3.51. The van der Waals surface area contributed by atoms with E-state index in [0.29, 0.717) is 11.6 Å². The summed E-state index contributed by atoms with van der Waals surface area (Å²) < 4.78 is 11.2. The van der Waals surface area contributed by atoms with Gasteiger partial charge in [-0.2, -0.15) is 0 Å². The fraction of sp³-hybridized carbons (Fsp3) is 0.533. The first kappa shape index (κ1) is 15.8. The zero-order chi connectivity index (χ0) is 14.3. The minimum absolute atomic E-state index is 0.167. The molecule has 0 fully saturated rings. The molecule has 1 aromatic rings. The highest BCUT2D eigenvalue weighted by molar-refractivity contribution is 7.80. The second kappa shape index (κ2) is 7.34. The molecule has 3 nitrogen and oxygen atoms in total. The molecule has 0 aliphatic heterocycles. The normalized spacial score (nSPS) is 11.1. The van der Waals surface area contributed by atoms with Gasteiger partial charge in [-0.1, -0.05) is 33.0 Å². The second-order valence-electron chi connectivity index (χ2n) is 5.17. The lowest BCUT2D eigenvalue weighted by atomic mass is 9.90. The summed E-state index contributed by atoms with van der Waals surface area (Å²) in [7, 11) is 0. The first-order valence-corrected chi connectivity index (χ1v) is 7.02. The standard InChI is InChI=1S/C15H23NO2S/c1-4-10-17-12-5-7-13(8-6-12)18-11-9-15(2,3)14(16)19/h5-8H,4,9-11H2,1-3H3,(H2,16,19). The Kier molecular flexibility index (Phi) is 6.09. The Morgan fingerprint density at radius 3 is 2.00 bits per heavy atom. The Morgan fingerprint density at radius 2 is 1.58 bits per heavy atom. The molecular weight excluding hydrogens is 258 g/mol. The molecule has 0 saturated heterocycles. The predicted octanol–water partition coefficient (Wildman–Crippen LogP) is 3.56. The fourth-order valence-corrected chi connectivity index (χ4v) is 1.50. The van der Waals surface area contributed by atoms with Crippen LogP contribution in [0.25, 0.3) is 0 Å². The van der Waals surface area contributed by atoms with E-state index in [1.807, 2.05) is 38.1 Å². The summed E-state index contributed by atoms with van der Waals surface area (Å²) in [4.78, 5) is 0.527. The van der Waals surface area contributed by atoms with Gasteiger partial charge in [0.15, 0.2) is 0 Å². The van der Waals surface area contributed by atoms with Gasteiger partial charge >= 0.3 is 0 Å². The molecule has 4 heteroatoms. The fourth-order valence-electron chi connectivity index (χ4n) is 1.40. The van der Waals surface area contributed by atoms with Gasteiger partial charge in [-0.15, -0.1) is 0 Å². The van der Waals surface area contributed by atoms with Crippen molar-refractivity contribution in [3.05, 3.63) is 24.3 Å². The van der Waals surface area contributed by atoms with Crippen LogP contribution in [0.4, 0.5) is 0 Å². The lowest BCUT2D eigenvalue weighted by Gasteiger charge is -2.22. The van der Waals surface area contributed by atoms with E-state index < -0.39 is 0 Å². The van der Waals surface area contributed by atoms with Gasteiger partial charge in [-0.05, 0) is 37.1 Å². The van der Waals surface area contributed by atoms with Gasteiger partial charge in [0.2, 0.25) is 0 Å². The minimum Gasteiger partial charge on any atom is -0.494 e. The van der Waals surface area contributed by atoms with Gasteiger partial charge in [0.1, 0.15) is 11.5 Å². The van der Waals surface area contributed by atoms with Crippen LogP contribution in [-0.2, 0) is 0 Å². The molecule has 0 atom stereocenters. The van der Waals surface area contributed by atoms with E-state index in [4.69, 9.17) is 27.4 Å². The Labute approximate surface area is 121 Å². The van der Waals surface area contributed by atoms with E-state index in [1.54, 1.807) is 0 Å². The van der Waals surface area contributed by atoms with E-state index in [-0.39, 0.29) is 5.41 Å². The molecule has 0 aliphatic rings. The average molecular weight is 281 g/mol. The summed E-state index contributed by atoms with van der Waals surface area (Å²) in [5.74, 6) is 1.71. The van der Waals surface area contributed by atoms with Crippen LogP contribution in [0.5, 0.6) is 11.5 Å². The van der Waals surface area contributed by atoms with Crippen molar-refractivity contribution in [2.75, 3.05) is 13.2 Å². The van der Waals surface area contributed by atoms with Crippen molar-refractivity contribution in [3.63, 3.8) is 0 Å². The number of rotatable bonds is 8. The predicted molar refractivity (Wildman–Crippen MR) is 82.9 cm³/mol. The largest absolute Gasteiger partial charge is 0.494 e. The molecule has 1 aromatic carbocycles. The van der Waals surface area contributed by atoms with E-state index in [2.05, 4.69) is 6.92 Å². The summed E-state index contributed by atoms with van der Waals surface area (Å²) in [6.07, 6.45) is 1.81. The highest BCUT2D eigenvalue weighted by Gasteiger charge is 2.21. The van der Waals surface area contributed by atoms with Crippen molar-refractivity contribution in [1.29, 1.82) is 0 Å². The lowest BCUT2D eigenvalue weighted by molar-refractivity contribution is 0.269. The van der Waals surface area contributed by atoms with Crippen LogP contribution in [0.2, 0.25) is 0 Å². The number of ether oxygens (including phenoxy) is 2. The Bertz CT molecular complexity index is 401. The monoisotopic (exact) mass is 281 g/mol. The highest BCUT2D eigenvalue weighted by atomic mass is 32.1. The number of hydrogen-bond acceptors (Lipinski definition) is 3. The molecule has 0 bridgehead atoms. The van der Waals surface area contributed by atoms with E-state index >= 15 is 0 Å². The molecule has 0 aliphatic carbocycles. The van der Waals surface area contributed by atoms with Gasteiger partial charge in [-0.25, -0.2) is 0 Å². The quantitative estimate of drug-likeness (QED) is 0.740. The molecular formula is C15H23NO2S. The first-order valence-electron chi connectivity index (χ1n) is 6.61. The van der Waals surface area contributed by atoms with Crippen molar-refractivity contribution in [2.24, 2.45) is 11.1 Å². The van der Waals surface area contributed by atoms with E-state index in [1.165, 1.54) is 0 Å². The molecule has 0 aromatic heterocycles. The van der Waals surface area contributed by atoms with Gasteiger partial charge in [0.25, 0.3) is 0 Å². The van der Waals surface area contributed by atoms with Gasteiger partial charge in [-0.3, -0.25) is 0 Å². The Morgan fingerprint density at radius 1 is 1.11 bits per heavy atom. The number of nitrogens with two attached hydrogens (primary N) is 1. The van der Waals surface area contributed by atoms with Crippen LogP contribution in [-0.4, -0.2) is 18.2 Å². The smallest absolute Gasteiger partial charge is 0.119 e. The number of thiocarbonyl (C=S) groups is 1. The van der Waals surface area contributed by atoms with E-state index in [0.717, 1.165) is 30.9 Å². The topological polar surface area (TPSA) is 44.5 Å². The Hall–Kier alpha value is -1.29. The van der Waals surface area contributed by atoms with Crippen LogP contribution in [0.3, 0.4) is 0 Å². The molecule has 1 rings (SSSR count). The molecule has 19 heavy (non-hydrogen) atoms. The molecule has 2 N–H and O–H groups in total. The third kappa shape index (κ3) is 5.47. The minimum atomic E-state index is -0.167. The SMILES string of the molecule is CCCOc1ccc(OCCC(C)(C)C(N)=S)cc1. The van der Waals surface area contributed by atoms with Crippen LogP contribution in [0.15, 0.2) is 24.3 Å². The van der Waals surface area contributed by atoms with Crippen molar-refractivity contribution < 1.29 is 9.47 Å². The summed E-state index contributed by atoms with van der Waals surface area (Å²) in [6.45, 7) is 7.48.